The van der Waals surface area contributed by atoms with E-state index in [4.69, 9.17) is 5.73 Å². The van der Waals surface area contributed by atoms with Crippen LogP contribution in [0.25, 0.3) is 0 Å². The Hall–Kier alpha value is -0.320. The summed E-state index contributed by atoms with van der Waals surface area (Å²) in [5.74, 6) is 0. The monoisotopic (exact) mass is 253 g/mol. The van der Waals surface area contributed by atoms with E-state index in [9.17, 15) is 8.78 Å². The van der Waals surface area contributed by atoms with Gasteiger partial charge in [0.15, 0.2) is 0 Å². The minimum atomic E-state index is -2.34. The lowest BCUT2D eigenvalue weighted by Gasteiger charge is -2.11. The first-order valence-electron chi connectivity index (χ1n) is 4.31. The van der Waals surface area contributed by atoms with E-state index in [2.05, 4.69) is 0 Å². The fraction of sp³-hybridized carbons (Fsp3) is 0.400. The normalized spacial score (nSPS) is 12.3. The highest BCUT2D eigenvalue weighted by Gasteiger charge is 2.12. The molecule has 0 saturated heterocycles. The summed E-state index contributed by atoms with van der Waals surface area (Å²) in [6.07, 6.45) is -0.655. The minimum absolute atomic E-state index is 0. The lowest BCUT2D eigenvalue weighted by molar-refractivity contribution is 0.128. The number of rotatable bonds is 4. The van der Waals surface area contributed by atoms with E-state index in [-0.39, 0.29) is 18.8 Å². The third kappa shape index (κ3) is 4.82. The maximum atomic E-state index is 12.0. The van der Waals surface area contributed by atoms with Crippen LogP contribution in [0, 0.1) is 0 Å². The molecule has 0 radical (unpaired) electrons. The Balaban J connectivity index is 0.00000196. The smallest absolute Gasteiger partial charge is 0.240 e. The Labute approximate surface area is 98.8 Å². The molecule has 5 heteroatoms. The molecule has 0 aliphatic heterocycles. The second kappa shape index (κ2) is 7.04. The van der Waals surface area contributed by atoms with E-state index in [1.54, 1.807) is 23.9 Å². The van der Waals surface area contributed by atoms with Crippen LogP contribution < -0.4 is 5.73 Å². The van der Waals surface area contributed by atoms with Crippen molar-refractivity contribution in [2.24, 2.45) is 5.73 Å². The van der Waals surface area contributed by atoms with Crippen LogP contribution in [0.1, 0.15) is 18.0 Å². The third-order valence-electron chi connectivity index (χ3n) is 1.98. The van der Waals surface area contributed by atoms with Gasteiger partial charge in [0.25, 0.3) is 0 Å². The molecule has 0 aliphatic carbocycles. The van der Waals surface area contributed by atoms with Gasteiger partial charge in [0.1, 0.15) is 0 Å². The lowest BCUT2D eigenvalue weighted by atomic mass is 10.1. The topological polar surface area (TPSA) is 26.0 Å². The summed E-state index contributed by atoms with van der Waals surface area (Å²) < 4.78 is 24.1. The van der Waals surface area contributed by atoms with Crippen LogP contribution in [-0.2, 0) is 0 Å². The highest BCUT2D eigenvalue weighted by atomic mass is 35.5. The minimum Gasteiger partial charge on any atom is -0.324 e. The molecule has 0 saturated carbocycles. The van der Waals surface area contributed by atoms with Crippen molar-refractivity contribution in [2.75, 3.05) is 6.26 Å². The van der Waals surface area contributed by atoms with E-state index in [0.717, 1.165) is 10.5 Å². The summed E-state index contributed by atoms with van der Waals surface area (Å²) in [5, 5.41) is 0. The van der Waals surface area contributed by atoms with Crippen LogP contribution >= 0.6 is 24.2 Å². The number of benzene rings is 1. The number of nitrogens with two attached hydrogens (primary N) is 1. The van der Waals surface area contributed by atoms with Crippen molar-refractivity contribution in [2.45, 2.75) is 23.8 Å². The predicted molar refractivity (Wildman–Crippen MR) is 63.0 cm³/mol. The predicted octanol–water partition coefficient (Wildman–Crippen LogP) is 3.49. The third-order valence-corrected chi connectivity index (χ3v) is 2.72. The summed E-state index contributed by atoms with van der Waals surface area (Å²) in [7, 11) is 0. The van der Waals surface area contributed by atoms with E-state index in [0.29, 0.717) is 0 Å². The highest BCUT2D eigenvalue weighted by molar-refractivity contribution is 7.98. The van der Waals surface area contributed by atoms with Gasteiger partial charge in [-0.3, -0.25) is 0 Å². The molecule has 15 heavy (non-hydrogen) atoms. The van der Waals surface area contributed by atoms with Gasteiger partial charge >= 0.3 is 0 Å². The van der Waals surface area contributed by atoms with Gasteiger partial charge in [-0.25, -0.2) is 8.78 Å². The van der Waals surface area contributed by atoms with E-state index in [1.165, 1.54) is 0 Å². The zero-order chi connectivity index (χ0) is 10.6. The molecular weight excluding hydrogens is 240 g/mol. The molecule has 1 atom stereocenters. The molecule has 1 nitrogen and oxygen atoms in total. The summed E-state index contributed by atoms with van der Waals surface area (Å²) in [6, 6.07) is 6.83. The van der Waals surface area contributed by atoms with Crippen molar-refractivity contribution in [1.29, 1.82) is 0 Å². The Kier molecular flexibility index (Phi) is 6.89. The van der Waals surface area contributed by atoms with Gasteiger partial charge in [0, 0.05) is 17.4 Å². The molecular formula is C10H14ClF2NS. The highest BCUT2D eigenvalue weighted by Crippen LogP contribution is 2.21. The molecule has 0 aliphatic rings. The molecule has 0 bridgehead atoms. The summed E-state index contributed by atoms with van der Waals surface area (Å²) in [4.78, 5) is 1.11. The van der Waals surface area contributed by atoms with Crippen molar-refractivity contribution in [3.63, 3.8) is 0 Å². The number of alkyl halides is 2. The number of thioether (sulfide) groups is 1. The van der Waals surface area contributed by atoms with Crippen LogP contribution in [0.2, 0.25) is 0 Å². The van der Waals surface area contributed by atoms with Gasteiger partial charge in [0.2, 0.25) is 6.43 Å². The molecule has 1 aromatic rings. The van der Waals surface area contributed by atoms with Crippen molar-refractivity contribution >= 4 is 24.2 Å². The van der Waals surface area contributed by atoms with Crippen molar-refractivity contribution in [3.05, 3.63) is 29.8 Å². The summed E-state index contributed by atoms with van der Waals surface area (Å²) in [6.45, 7) is 0. The summed E-state index contributed by atoms with van der Waals surface area (Å²) in [5.41, 5.74) is 6.37. The second-order valence-electron chi connectivity index (χ2n) is 3.01. The first kappa shape index (κ1) is 14.7. The SMILES string of the molecule is CSc1ccc([C@@H](N)CC(F)F)cc1.Cl. The standard InChI is InChI=1S/C10H13F2NS.ClH/c1-14-8-4-2-7(3-5-8)9(13)6-10(11)12;/h2-5,9-10H,6,13H2,1H3;1H/t9-;/m0./s1. The summed E-state index contributed by atoms with van der Waals surface area (Å²) >= 11 is 1.61. The lowest BCUT2D eigenvalue weighted by Crippen LogP contribution is -2.13. The largest absolute Gasteiger partial charge is 0.324 e. The molecule has 1 aromatic carbocycles. The molecule has 1 rings (SSSR count). The number of halogens is 3. The average Bonchev–Trinajstić information content (AvgIpc) is 2.17. The molecule has 0 heterocycles. The van der Waals surface area contributed by atoms with Gasteiger partial charge in [-0.15, -0.1) is 24.2 Å². The molecule has 0 fully saturated rings. The molecule has 0 amide bonds. The maximum absolute atomic E-state index is 12.0. The van der Waals surface area contributed by atoms with Crippen LogP contribution in [0.3, 0.4) is 0 Å². The van der Waals surface area contributed by atoms with Gasteiger partial charge in [0.05, 0.1) is 0 Å². The van der Waals surface area contributed by atoms with Crippen LogP contribution in [0.5, 0.6) is 0 Å². The molecule has 0 unspecified atom stereocenters. The van der Waals surface area contributed by atoms with E-state index >= 15 is 0 Å². The molecule has 0 aromatic heterocycles. The van der Waals surface area contributed by atoms with Crippen molar-refractivity contribution in [1.82, 2.24) is 0 Å². The quantitative estimate of drug-likeness (QED) is 0.832. The molecule has 0 spiro atoms. The van der Waals surface area contributed by atoms with Gasteiger partial charge in [-0.2, -0.15) is 0 Å². The number of hydrogen-bond donors (Lipinski definition) is 1. The van der Waals surface area contributed by atoms with Gasteiger partial charge in [-0.05, 0) is 24.0 Å². The van der Waals surface area contributed by atoms with Crippen LogP contribution in [-0.4, -0.2) is 12.7 Å². The molecule has 86 valence electrons. The van der Waals surface area contributed by atoms with Crippen molar-refractivity contribution < 1.29 is 8.78 Å². The fourth-order valence-electron chi connectivity index (χ4n) is 1.18. The van der Waals surface area contributed by atoms with Crippen molar-refractivity contribution in [3.8, 4) is 0 Å². The fourth-order valence-corrected chi connectivity index (χ4v) is 1.59. The number of hydrogen-bond acceptors (Lipinski definition) is 2. The van der Waals surface area contributed by atoms with Gasteiger partial charge < -0.3 is 5.73 Å². The average molecular weight is 254 g/mol. The first-order chi connectivity index (χ1) is 6.63. The Bertz CT molecular complexity index is 279. The molecule has 2 N–H and O–H groups in total. The zero-order valence-corrected chi connectivity index (χ0v) is 9.95. The van der Waals surface area contributed by atoms with Crippen LogP contribution in [0.15, 0.2) is 29.2 Å². The van der Waals surface area contributed by atoms with E-state index in [1.807, 2.05) is 18.4 Å². The maximum Gasteiger partial charge on any atom is 0.240 e. The Morgan fingerprint density at radius 2 is 1.80 bits per heavy atom. The van der Waals surface area contributed by atoms with E-state index < -0.39 is 12.5 Å². The zero-order valence-electron chi connectivity index (χ0n) is 8.32. The Morgan fingerprint density at radius 3 is 2.20 bits per heavy atom. The first-order valence-corrected chi connectivity index (χ1v) is 5.53. The van der Waals surface area contributed by atoms with Gasteiger partial charge in [-0.1, -0.05) is 12.1 Å². The van der Waals surface area contributed by atoms with Crippen LogP contribution in [0.4, 0.5) is 8.78 Å². The Morgan fingerprint density at radius 1 is 1.27 bits per heavy atom. The second-order valence-corrected chi connectivity index (χ2v) is 3.89.